The molecule has 1 N–H and O–H groups in total. The largest absolute Gasteiger partial charge is 0.311 e. The zero-order valence-electron chi connectivity index (χ0n) is 14.1. The predicted octanol–water partition coefficient (Wildman–Crippen LogP) is 3.18. The van der Waals surface area contributed by atoms with Gasteiger partial charge in [0.25, 0.3) is 0 Å². The second kappa shape index (κ2) is 7.13. The molecule has 0 saturated carbocycles. The minimum atomic E-state index is -3.49. The van der Waals surface area contributed by atoms with Crippen LogP contribution in [-0.4, -0.2) is 25.1 Å². The first-order valence-corrected chi connectivity index (χ1v) is 9.38. The van der Waals surface area contributed by atoms with Crippen molar-refractivity contribution < 1.29 is 13.2 Å². The van der Waals surface area contributed by atoms with Crippen molar-refractivity contribution in [1.29, 1.82) is 0 Å². The minimum absolute atomic E-state index is 0.0368. The number of carbonyl (C=O) groups is 1. The van der Waals surface area contributed by atoms with E-state index in [2.05, 4.69) is 31.1 Å². The number of nitrogens with zero attached hydrogens (tertiary/aromatic N) is 1. The van der Waals surface area contributed by atoms with E-state index in [9.17, 15) is 13.2 Å². The second-order valence-electron chi connectivity index (χ2n) is 6.61. The first-order chi connectivity index (χ1) is 11.2. The Morgan fingerprint density at radius 1 is 1.08 bits per heavy atom. The molecule has 1 aromatic carbocycles. The lowest BCUT2D eigenvalue weighted by molar-refractivity contribution is -0.115. The molecule has 0 radical (unpaired) electrons. The molecule has 0 bridgehead atoms. The summed E-state index contributed by atoms with van der Waals surface area (Å²) in [5.41, 5.74) is 1.03. The van der Waals surface area contributed by atoms with Crippen molar-refractivity contribution in [3.63, 3.8) is 0 Å². The van der Waals surface area contributed by atoms with E-state index in [0.717, 1.165) is 5.56 Å². The topological polar surface area (TPSA) is 76.1 Å². The Balaban J connectivity index is 1.99. The molecule has 24 heavy (non-hydrogen) atoms. The zero-order chi connectivity index (χ0) is 17.8. The Kier molecular flexibility index (Phi) is 5.39. The SMILES string of the molecule is CC(C)(C)c1ccc(S(=O)(=O)CCC(=O)Nc2ccccn2)cc1. The molecule has 0 saturated heterocycles. The summed E-state index contributed by atoms with van der Waals surface area (Å²) in [5.74, 6) is -0.196. The fraction of sp³-hybridized carbons (Fsp3) is 0.333. The molecule has 0 unspecified atom stereocenters. The quantitative estimate of drug-likeness (QED) is 0.902. The summed E-state index contributed by atoms with van der Waals surface area (Å²) in [5, 5.41) is 2.58. The summed E-state index contributed by atoms with van der Waals surface area (Å²) in [7, 11) is -3.49. The fourth-order valence-electron chi connectivity index (χ4n) is 2.15. The van der Waals surface area contributed by atoms with Gasteiger partial charge >= 0.3 is 0 Å². The lowest BCUT2D eigenvalue weighted by Crippen LogP contribution is -2.18. The molecule has 128 valence electrons. The molecule has 1 heterocycles. The summed E-state index contributed by atoms with van der Waals surface area (Å²) < 4.78 is 24.7. The minimum Gasteiger partial charge on any atom is -0.311 e. The first kappa shape index (κ1) is 18.1. The Morgan fingerprint density at radius 3 is 2.29 bits per heavy atom. The van der Waals surface area contributed by atoms with Crippen LogP contribution in [0.2, 0.25) is 0 Å². The van der Waals surface area contributed by atoms with Crippen molar-refractivity contribution in [2.45, 2.75) is 37.5 Å². The van der Waals surface area contributed by atoms with Gasteiger partial charge in [-0.15, -0.1) is 0 Å². The smallest absolute Gasteiger partial charge is 0.226 e. The highest BCUT2D eigenvalue weighted by atomic mass is 32.2. The number of hydrogen-bond acceptors (Lipinski definition) is 4. The van der Waals surface area contributed by atoms with Crippen molar-refractivity contribution in [2.24, 2.45) is 0 Å². The van der Waals surface area contributed by atoms with Crippen molar-refractivity contribution in [1.82, 2.24) is 4.98 Å². The van der Waals surface area contributed by atoms with Gasteiger partial charge in [0.2, 0.25) is 5.91 Å². The van der Waals surface area contributed by atoms with E-state index in [1.165, 1.54) is 0 Å². The maximum atomic E-state index is 12.4. The second-order valence-corrected chi connectivity index (χ2v) is 8.72. The van der Waals surface area contributed by atoms with Crippen LogP contribution < -0.4 is 5.32 Å². The van der Waals surface area contributed by atoms with Crippen molar-refractivity contribution in [3.8, 4) is 0 Å². The third-order valence-corrected chi connectivity index (χ3v) is 5.34. The van der Waals surface area contributed by atoms with E-state index in [-0.39, 0.29) is 28.4 Å². The van der Waals surface area contributed by atoms with E-state index in [0.29, 0.717) is 5.82 Å². The molecule has 1 amide bonds. The molecule has 0 aliphatic heterocycles. The normalized spacial score (nSPS) is 12.0. The van der Waals surface area contributed by atoms with Gasteiger partial charge < -0.3 is 5.32 Å². The van der Waals surface area contributed by atoms with Crippen molar-refractivity contribution >= 4 is 21.6 Å². The molecule has 0 fully saturated rings. The van der Waals surface area contributed by atoms with Crippen LogP contribution in [0.25, 0.3) is 0 Å². The van der Waals surface area contributed by atoms with Gasteiger partial charge in [0.1, 0.15) is 5.82 Å². The number of amides is 1. The number of benzene rings is 1. The first-order valence-electron chi connectivity index (χ1n) is 7.73. The van der Waals surface area contributed by atoms with Crippen LogP contribution in [0.1, 0.15) is 32.8 Å². The van der Waals surface area contributed by atoms with Gasteiger partial charge in [0.15, 0.2) is 9.84 Å². The highest BCUT2D eigenvalue weighted by molar-refractivity contribution is 7.91. The monoisotopic (exact) mass is 346 g/mol. The summed E-state index contributed by atoms with van der Waals surface area (Å²) in [6.07, 6.45) is 1.45. The standard InChI is InChI=1S/C18H22N2O3S/c1-18(2,3)14-7-9-15(10-8-14)24(22,23)13-11-17(21)20-16-6-4-5-12-19-16/h4-10,12H,11,13H2,1-3H3,(H,19,20,21). The van der Waals surface area contributed by atoms with Crippen LogP contribution in [0, 0.1) is 0 Å². The molecule has 2 aromatic rings. The van der Waals surface area contributed by atoms with Gasteiger partial charge in [-0.25, -0.2) is 13.4 Å². The van der Waals surface area contributed by atoms with E-state index in [4.69, 9.17) is 0 Å². The average molecular weight is 346 g/mol. The van der Waals surface area contributed by atoms with Gasteiger partial charge in [-0.1, -0.05) is 39.0 Å². The van der Waals surface area contributed by atoms with Crippen LogP contribution in [-0.2, 0) is 20.0 Å². The maximum Gasteiger partial charge on any atom is 0.226 e. The summed E-state index contributed by atoms with van der Waals surface area (Å²) in [6.45, 7) is 6.20. The number of pyridine rings is 1. The highest BCUT2D eigenvalue weighted by Gasteiger charge is 2.19. The van der Waals surface area contributed by atoms with Gasteiger partial charge in [-0.2, -0.15) is 0 Å². The lowest BCUT2D eigenvalue weighted by atomic mass is 9.87. The number of rotatable bonds is 5. The van der Waals surface area contributed by atoms with E-state index in [1.807, 2.05) is 12.1 Å². The molecule has 0 aliphatic carbocycles. The zero-order valence-corrected chi connectivity index (χ0v) is 14.9. The molecule has 1 aromatic heterocycles. The fourth-order valence-corrected chi connectivity index (χ4v) is 3.39. The number of hydrogen-bond donors (Lipinski definition) is 1. The molecule has 0 aliphatic rings. The Labute approximate surface area is 143 Å². The van der Waals surface area contributed by atoms with Gasteiger partial charge in [0, 0.05) is 12.6 Å². The average Bonchev–Trinajstić information content (AvgIpc) is 2.53. The van der Waals surface area contributed by atoms with Gasteiger partial charge in [0.05, 0.1) is 10.6 Å². The Hall–Kier alpha value is -2.21. The molecule has 0 spiro atoms. The van der Waals surface area contributed by atoms with Crippen LogP contribution in [0.15, 0.2) is 53.6 Å². The summed E-state index contributed by atoms with van der Waals surface area (Å²) in [4.78, 5) is 16.1. The number of aromatic nitrogens is 1. The lowest BCUT2D eigenvalue weighted by Gasteiger charge is -2.19. The van der Waals surface area contributed by atoms with Gasteiger partial charge in [-0.05, 0) is 35.2 Å². The molecular weight excluding hydrogens is 324 g/mol. The molecular formula is C18H22N2O3S. The third-order valence-electron chi connectivity index (χ3n) is 3.61. The molecule has 0 atom stereocenters. The number of carbonyl (C=O) groups excluding carboxylic acids is 1. The van der Waals surface area contributed by atoms with Crippen molar-refractivity contribution in [3.05, 3.63) is 54.2 Å². The van der Waals surface area contributed by atoms with Crippen LogP contribution in [0.4, 0.5) is 5.82 Å². The summed E-state index contributed by atoms with van der Waals surface area (Å²) >= 11 is 0. The van der Waals surface area contributed by atoms with E-state index >= 15 is 0 Å². The van der Waals surface area contributed by atoms with Crippen LogP contribution in [0.3, 0.4) is 0 Å². The number of anilines is 1. The van der Waals surface area contributed by atoms with E-state index < -0.39 is 9.84 Å². The maximum absolute atomic E-state index is 12.4. The Morgan fingerprint density at radius 2 is 1.75 bits per heavy atom. The van der Waals surface area contributed by atoms with Crippen LogP contribution in [0.5, 0.6) is 0 Å². The van der Waals surface area contributed by atoms with Crippen molar-refractivity contribution in [2.75, 3.05) is 11.1 Å². The highest BCUT2D eigenvalue weighted by Crippen LogP contribution is 2.24. The Bertz CT molecular complexity index is 792. The number of nitrogens with one attached hydrogen (secondary N) is 1. The van der Waals surface area contributed by atoms with Gasteiger partial charge in [-0.3, -0.25) is 4.79 Å². The van der Waals surface area contributed by atoms with Crippen LogP contribution >= 0.6 is 0 Å². The molecule has 2 rings (SSSR count). The van der Waals surface area contributed by atoms with E-state index in [1.54, 1.807) is 36.5 Å². The molecule has 6 heteroatoms. The predicted molar refractivity (Wildman–Crippen MR) is 94.7 cm³/mol. The third kappa shape index (κ3) is 4.89. The summed E-state index contributed by atoms with van der Waals surface area (Å²) in [6, 6.07) is 12.0. The number of sulfone groups is 1. The molecule has 5 nitrogen and oxygen atoms in total.